The van der Waals surface area contributed by atoms with Crippen molar-refractivity contribution in [2.24, 2.45) is 0 Å². The van der Waals surface area contributed by atoms with Gasteiger partial charge in [0.15, 0.2) is 0 Å². The number of hydrogen-bond donors (Lipinski definition) is 2. The molecule has 8 heteroatoms. The molecule has 0 saturated heterocycles. The molecule has 0 atom stereocenters. The molecule has 4 rings (SSSR count). The van der Waals surface area contributed by atoms with E-state index in [1.54, 1.807) is 24.3 Å². The number of aromatic nitrogens is 3. The van der Waals surface area contributed by atoms with Crippen LogP contribution >= 0.6 is 11.3 Å². The highest BCUT2D eigenvalue weighted by molar-refractivity contribution is 7.15. The summed E-state index contributed by atoms with van der Waals surface area (Å²) in [5, 5.41) is 23.1. The van der Waals surface area contributed by atoms with Crippen LogP contribution in [0.1, 0.15) is 53.9 Å². The highest BCUT2D eigenvalue weighted by atomic mass is 32.1. The van der Waals surface area contributed by atoms with Crippen molar-refractivity contribution in [3.8, 4) is 5.75 Å². The maximum atomic E-state index is 12.8. The second-order valence-corrected chi connectivity index (χ2v) is 7.68. The Morgan fingerprint density at radius 1 is 1.30 bits per heavy atom. The van der Waals surface area contributed by atoms with Gasteiger partial charge in [-0.1, -0.05) is 36.3 Å². The van der Waals surface area contributed by atoms with Crippen molar-refractivity contribution < 1.29 is 9.90 Å². The fourth-order valence-corrected chi connectivity index (χ4v) is 4.60. The number of aryl methyl sites for hydroxylation is 1. The summed E-state index contributed by atoms with van der Waals surface area (Å²) in [6, 6.07) is 6.99. The third kappa shape index (κ3) is 3.10. The lowest BCUT2D eigenvalue weighted by atomic mass is 10.1. The highest BCUT2D eigenvalue weighted by Crippen LogP contribution is 2.36. The lowest BCUT2D eigenvalue weighted by Gasteiger charge is -2.12. The number of para-hydroxylation sites is 1. The number of benzene rings is 1. The summed E-state index contributed by atoms with van der Waals surface area (Å²) in [6.45, 7) is 2.22. The van der Waals surface area contributed by atoms with Crippen molar-refractivity contribution in [3.63, 3.8) is 0 Å². The molecule has 2 heterocycles. The summed E-state index contributed by atoms with van der Waals surface area (Å²) < 4.78 is 1.48. The molecule has 0 radical (unpaired) electrons. The van der Waals surface area contributed by atoms with E-state index in [9.17, 15) is 14.7 Å². The van der Waals surface area contributed by atoms with Crippen molar-refractivity contribution in [1.29, 1.82) is 0 Å². The van der Waals surface area contributed by atoms with Gasteiger partial charge in [-0.15, -0.1) is 10.2 Å². The van der Waals surface area contributed by atoms with Crippen LogP contribution in [0.5, 0.6) is 5.75 Å². The molecule has 0 unspecified atom stereocenters. The van der Waals surface area contributed by atoms with Crippen LogP contribution in [0.2, 0.25) is 0 Å². The second-order valence-electron chi connectivity index (χ2n) is 6.67. The number of amides is 1. The minimum Gasteiger partial charge on any atom is -0.506 e. The predicted octanol–water partition coefficient (Wildman–Crippen LogP) is 3.49. The molecule has 0 bridgehead atoms. The van der Waals surface area contributed by atoms with E-state index >= 15 is 0 Å². The molecule has 7 nitrogen and oxygen atoms in total. The van der Waals surface area contributed by atoms with Crippen LogP contribution < -0.4 is 10.9 Å². The summed E-state index contributed by atoms with van der Waals surface area (Å²) >= 11 is 1.33. The normalized spacial score (nSPS) is 14.7. The van der Waals surface area contributed by atoms with E-state index in [0.717, 1.165) is 17.8 Å². The van der Waals surface area contributed by atoms with Crippen molar-refractivity contribution in [2.75, 3.05) is 5.32 Å². The lowest BCUT2D eigenvalue weighted by molar-refractivity contribution is 0.102. The van der Waals surface area contributed by atoms with E-state index in [2.05, 4.69) is 15.5 Å². The quantitative estimate of drug-likeness (QED) is 0.718. The van der Waals surface area contributed by atoms with Gasteiger partial charge in [-0.25, -0.2) is 0 Å². The number of carbonyl (C=O) groups is 1. The first-order valence-corrected chi connectivity index (χ1v) is 9.91. The number of fused-ring (bicyclic) bond motifs is 1. The van der Waals surface area contributed by atoms with Crippen LogP contribution in [0.3, 0.4) is 0 Å². The van der Waals surface area contributed by atoms with Gasteiger partial charge in [0, 0.05) is 17.8 Å². The average Bonchev–Trinajstić information content (AvgIpc) is 3.34. The van der Waals surface area contributed by atoms with Gasteiger partial charge in [0.05, 0.1) is 5.52 Å². The fourth-order valence-electron chi connectivity index (χ4n) is 3.69. The summed E-state index contributed by atoms with van der Waals surface area (Å²) in [5.74, 6) is -0.572. The number of nitrogens with zero attached hydrogens (tertiary/aromatic N) is 3. The molecule has 3 aromatic rings. The minimum absolute atomic E-state index is 0.270. The van der Waals surface area contributed by atoms with Crippen LogP contribution in [0, 0.1) is 0 Å². The molecule has 140 valence electrons. The van der Waals surface area contributed by atoms with Crippen molar-refractivity contribution in [2.45, 2.75) is 45.1 Å². The van der Waals surface area contributed by atoms with E-state index in [0.29, 0.717) is 28.5 Å². The Bertz CT molecular complexity index is 1070. The standard InChI is InChI=1S/C19H20N4O3S/c1-2-23-13-10-6-5-9-12(13)15(24)14(18(23)26)16(25)20-19-22-21-17(27-19)11-7-3-4-8-11/h5-6,9-11,24H,2-4,7-8H2,1H3,(H,20,22,25). The van der Waals surface area contributed by atoms with Gasteiger partial charge in [-0.05, 0) is 31.9 Å². The number of pyridine rings is 1. The first-order chi connectivity index (χ1) is 13.1. The molecule has 27 heavy (non-hydrogen) atoms. The Morgan fingerprint density at radius 2 is 2.04 bits per heavy atom. The Morgan fingerprint density at radius 3 is 2.78 bits per heavy atom. The molecule has 1 aliphatic rings. The first-order valence-electron chi connectivity index (χ1n) is 9.09. The molecular weight excluding hydrogens is 364 g/mol. The molecule has 0 spiro atoms. The average molecular weight is 384 g/mol. The van der Waals surface area contributed by atoms with Crippen LogP contribution in [-0.4, -0.2) is 25.8 Å². The van der Waals surface area contributed by atoms with Crippen LogP contribution in [0.25, 0.3) is 10.9 Å². The summed E-state index contributed by atoms with van der Waals surface area (Å²) in [5.41, 5.74) is -0.196. The SMILES string of the molecule is CCn1c(=O)c(C(=O)Nc2nnc(C3CCCC3)s2)c(O)c2ccccc21. The predicted molar refractivity (Wildman–Crippen MR) is 105 cm³/mol. The summed E-state index contributed by atoms with van der Waals surface area (Å²) in [7, 11) is 0. The van der Waals surface area contributed by atoms with Crippen molar-refractivity contribution in [1.82, 2.24) is 14.8 Å². The third-order valence-corrected chi connectivity index (χ3v) is 6.06. The minimum atomic E-state index is -0.667. The van der Waals surface area contributed by atoms with Gasteiger partial charge >= 0.3 is 0 Å². The number of rotatable bonds is 4. The summed E-state index contributed by atoms with van der Waals surface area (Å²) in [6.07, 6.45) is 4.56. The number of hydrogen-bond acceptors (Lipinski definition) is 6. The van der Waals surface area contributed by atoms with Gasteiger partial charge in [-0.2, -0.15) is 0 Å². The van der Waals surface area contributed by atoms with Crippen LogP contribution in [0.15, 0.2) is 29.1 Å². The van der Waals surface area contributed by atoms with E-state index < -0.39 is 11.5 Å². The largest absolute Gasteiger partial charge is 0.506 e. The molecule has 1 aromatic carbocycles. The van der Waals surface area contributed by atoms with E-state index in [-0.39, 0.29) is 11.3 Å². The Kier molecular flexibility index (Phi) is 4.65. The summed E-state index contributed by atoms with van der Waals surface area (Å²) in [4.78, 5) is 25.5. The Labute approximate surface area is 159 Å². The number of carbonyl (C=O) groups excluding carboxylic acids is 1. The van der Waals surface area contributed by atoms with Crippen molar-refractivity contribution in [3.05, 3.63) is 45.2 Å². The van der Waals surface area contributed by atoms with E-state index in [1.807, 2.05) is 6.92 Å². The lowest BCUT2D eigenvalue weighted by Crippen LogP contribution is -2.29. The maximum Gasteiger partial charge on any atom is 0.267 e. The number of anilines is 1. The zero-order chi connectivity index (χ0) is 19.0. The smallest absolute Gasteiger partial charge is 0.267 e. The first kappa shape index (κ1) is 17.7. The maximum absolute atomic E-state index is 12.8. The van der Waals surface area contributed by atoms with Gasteiger partial charge < -0.3 is 9.67 Å². The van der Waals surface area contributed by atoms with E-state index in [4.69, 9.17) is 0 Å². The van der Waals surface area contributed by atoms with Crippen molar-refractivity contribution >= 4 is 33.3 Å². The molecule has 0 aliphatic heterocycles. The molecule has 2 N–H and O–H groups in total. The molecule has 1 aliphatic carbocycles. The molecule has 2 aromatic heterocycles. The van der Waals surface area contributed by atoms with Gasteiger partial charge in [0.25, 0.3) is 11.5 Å². The number of aromatic hydroxyl groups is 1. The third-order valence-electron chi connectivity index (χ3n) is 5.05. The Balaban J connectivity index is 1.70. The Hall–Kier alpha value is -2.74. The van der Waals surface area contributed by atoms with E-state index in [1.165, 1.54) is 28.7 Å². The van der Waals surface area contributed by atoms with Gasteiger partial charge in [-0.3, -0.25) is 14.9 Å². The second kappa shape index (κ2) is 7.11. The molecule has 1 saturated carbocycles. The topological polar surface area (TPSA) is 97.1 Å². The van der Waals surface area contributed by atoms with Gasteiger partial charge in [0.2, 0.25) is 5.13 Å². The molecular formula is C19H20N4O3S. The van der Waals surface area contributed by atoms with Crippen LogP contribution in [-0.2, 0) is 6.54 Å². The van der Waals surface area contributed by atoms with Crippen LogP contribution in [0.4, 0.5) is 5.13 Å². The number of nitrogens with one attached hydrogen (secondary N) is 1. The zero-order valence-corrected chi connectivity index (χ0v) is 15.8. The monoisotopic (exact) mass is 384 g/mol. The molecule has 1 amide bonds. The highest BCUT2D eigenvalue weighted by Gasteiger charge is 2.24. The fraction of sp³-hybridized carbons (Fsp3) is 0.368. The zero-order valence-electron chi connectivity index (χ0n) is 14.9. The molecule has 1 fully saturated rings. The van der Waals surface area contributed by atoms with Gasteiger partial charge in [0.1, 0.15) is 16.3 Å².